The first-order chi connectivity index (χ1) is 7.79. The van der Waals surface area contributed by atoms with Gasteiger partial charge < -0.3 is 15.6 Å². The summed E-state index contributed by atoms with van der Waals surface area (Å²) in [6.45, 7) is 1.28. The van der Waals surface area contributed by atoms with Gasteiger partial charge in [0.2, 0.25) is 0 Å². The molecule has 16 heavy (non-hydrogen) atoms. The number of nitrogens with two attached hydrogens (primary N) is 1. The van der Waals surface area contributed by atoms with Crippen LogP contribution in [0.1, 0.15) is 24.5 Å². The molecule has 2 rings (SSSR count). The molecule has 1 heterocycles. The number of ether oxygens (including phenoxy) is 1. The summed E-state index contributed by atoms with van der Waals surface area (Å²) in [6, 6.07) is 7.11. The van der Waals surface area contributed by atoms with E-state index in [9.17, 15) is 5.11 Å². The van der Waals surface area contributed by atoms with Gasteiger partial charge in [0.05, 0.1) is 6.54 Å². The second-order valence-corrected chi connectivity index (χ2v) is 3.83. The molecule has 4 nitrogen and oxygen atoms in total. The lowest BCUT2D eigenvalue weighted by Crippen LogP contribution is -2.07. The molecule has 0 bridgehead atoms. The van der Waals surface area contributed by atoms with E-state index >= 15 is 0 Å². The van der Waals surface area contributed by atoms with Crippen LogP contribution in [0.25, 0.3) is 0 Å². The largest absolute Gasteiger partial charge is 0.508 e. The van der Waals surface area contributed by atoms with Gasteiger partial charge in [-0.1, -0.05) is 12.1 Å². The minimum absolute atomic E-state index is 0.0557. The maximum atomic E-state index is 9.37. The van der Waals surface area contributed by atoms with Crippen molar-refractivity contribution in [2.24, 2.45) is 10.7 Å². The van der Waals surface area contributed by atoms with Gasteiger partial charge in [0.15, 0.2) is 5.90 Å². The van der Waals surface area contributed by atoms with Crippen LogP contribution in [-0.4, -0.2) is 24.1 Å². The quantitative estimate of drug-likeness (QED) is 0.809. The molecule has 0 aliphatic carbocycles. The lowest BCUT2D eigenvalue weighted by molar-refractivity contribution is 0.223. The molecular formula is C12H16N2O2. The van der Waals surface area contributed by atoms with Crippen LogP contribution in [0.3, 0.4) is 0 Å². The van der Waals surface area contributed by atoms with Gasteiger partial charge in [-0.3, -0.25) is 4.99 Å². The number of aliphatic imine (C=N–C) groups is 1. The Bertz CT molecular complexity index is 390. The van der Waals surface area contributed by atoms with Crippen molar-refractivity contribution in [3.05, 3.63) is 29.8 Å². The average molecular weight is 220 g/mol. The van der Waals surface area contributed by atoms with Crippen molar-refractivity contribution in [1.82, 2.24) is 0 Å². The van der Waals surface area contributed by atoms with Crippen molar-refractivity contribution in [2.75, 3.05) is 13.1 Å². The molecule has 0 aromatic heterocycles. The van der Waals surface area contributed by atoms with E-state index in [1.54, 1.807) is 12.1 Å². The second kappa shape index (κ2) is 4.99. The van der Waals surface area contributed by atoms with Crippen LogP contribution in [0, 0.1) is 0 Å². The monoisotopic (exact) mass is 220 g/mol. The number of phenolic OH excluding ortho intramolecular Hbond substituents is 1. The van der Waals surface area contributed by atoms with Crippen molar-refractivity contribution in [2.45, 2.75) is 18.9 Å². The smallest absolute Gasteiger partial charge is 0.184 e. The Morgan fingerprint density at radius 1 is 1.50 bits per heavy atom. The highest BCUT2D eigenvalue weighted by Gasteiger charge is 2.21. The standard InChI is InChI=1S/C12H16N2O2/c13-6-2-5-12-14-8-11(16-12)9-3-1-4-10(15)7-9/h1,3-4,7,11,15H,2,5-6,8,13H2. The van der Waals surface area contributed by atoms with Gasteiger partial charge in [-0.2, -0.15) is 0 Å². The number of nitrogens with zero attached hydrogens (tertiary/aromatic N) is 1. The Kier molecular flexibility index (Phi) is 3.41. The Labute approximate surface area is 94.8 Å². The molecule has 0 fully saturated rings. The Morgan fingerprint density at radius 2 is 2.38 bits per heavy atom. The van der Waals surface area contributed by atoms with E-state index in [0.717, 1.165) is 24.3 Å². The van der Waals surface area contributed by atoms with Crippen molar-refractivity contribution >= 4 is 5.90 Å². The third-order valence-corrected chi connectivity index (χ3v) is 2.55. The van der Waals surface area contributed by atoms with Gasteiger partial charge in [0.25, 0.3) is 0 Å². The van der Waals surface area contributed by atoms with Crippen molar-refractivity contribution < 1.29 is 9.84 Å². The Morgan fingerprint density at radius 3 is 3.12 bits per heavy atom. The minimum atomic E-state index is -0.0557. The normalized spacial score (nSPS) is 19.3. The molecule has 1 atom stereocenters. The number of aromatic hydroxyl groups is 1. The van der Waals surface area contributed by atoms with Gasteiger partial charge in [-0.25, -0.2) is 0 Å². The van der Waals surface area contributed by atoms with E-state index < -0.39 is 0 Å². The molecule has 0 saturated carbocycles. The summed E-state index contributed by atoms with van der Waals surface area (Å²) < 4.78 is 5.69. The van der Waals surface area contributed by atoms with Crippen molar-refractivity contribution in [3.8, 4) is 5.75 Å². The van der Waals surface area contributed by atoms with Crippen LogP contribution in [0.5, 0.6) is 5.75 Å². The fourth-order valence-corrected chi connectivity index (χ4v) is 1.71. The molecule has 0 saturated heterocycles. The Balaban J connectivity index is 1.95. The molecule has 1 aliphatic heterocycles. The molecule has 1 aromatic rings. The predicted molar refractivity (Wildman–Crippen MR) is 62.5 cm³/mol. The summed E-state index contributed by atoms with van der Waals surface area (Å²) in [6.07, 6.45) is 1.64. The van der Waals surface area contributed by atoms with Gasteiger partial charge in [0.1, 0.15) is 11.9 Å². The molecule has 1 aliphatic rings. The van der Waals surface area contributed by atoms with Crippen LogP contribution >= 0.6 is 0 Å². The van der Waals surface area contributed by atoms with Crippen LogP contribution in [0.2, 0.25) is 0 Å². The highest BCUT2D eigenvalue weighted by molar-refractivity contribution is 5.77. The second-order valence-electron chi connectivity index (χ2n) is 3.83. The zero-order valence-corrected chi connectivity index (χ0v) is 9.10. The number of phenols is 1. The first-order valence-electron chi connectivity index (χ1n) is 5.48. The fourth-order valence-electron chi connectivity index (χ4n) is 1.71. The number of hydrogen-bond donors (Lipinski definition) is 2. The van der Waals surface area contributed by atoms with Gasteiger partial charge in [-0.15, -0.1) is 0 Å². The zero-order chi connectivity index (χ0) is 11.4. The topological polar surface area (TPSA) is 67.8 Å². The van der Waals surface area contributed by atoms with E-state index in [1.165, 1.54) is 0 Å². The molecular weight excluding hydrogens is 204 g/mol. The maximum absolute atomic E-state index is 9.37. The molecule has 4 heteroatoms. The van der Waals surface area contributed by atoms with Gasteiger partial charge in [0, 0.05) is 6.42 Å². The number of benzene rings is 1. The summed E-state index contributed by atoms with van der Waals surface area (Å²) in [4.78, 5) is 4.32. The summed E-state index contributed by atoms with van der Waals surface area (Å²) in [7, 11) is 0. The van der Waals surface area contributed by atoms with Crippen LogP contribution in [0.15, 0.2) is 29.3 Å². The summed E-state index contributed by atoms with van der Waals surface area (Å²) in [5.74, 6) is 1.04. The predicted octanol–water partition coefficient (Wildman–Crippen LogP) is 1.60. The molecule has 3 N–H and O–H groups in total. The first kappa shape index (κ1) is 11.0. The van der Waals surface area contributed by atoms with E-state index in [2.05, 4.69) is 4.99 Å². The summed E-state index contributed by atoms with van der Waals surface area (Å²) in [5.41, 5.74) is 6.39. The molecule has 1 aromatic carbocycles. The highest BCUT2D eigenvalue weighted by atomic mass is 16.5. The third-order valence-electron chi connectivity index (χ3n) is 2.55. The molecule has 0 spiro atoms. The lowest BCUT2D eigenvalue weighted by Gasteiger charge is -2.11. The Hall–Kier alpha value is -1.55. The lowest BCUT2D eigenvalue weighted by atomic mass is 10.1. The maximum Gasteiger partial charge on any atom is 0.184 e. The first-order valence-corrected chi connectivity index (χ1v) is 5.48. The summed E-state index contributed by atoms with van der Waals surface area (Å²) >= 11 is 0. The van der Waals surface area contributed by atoms with Crippen LogP contribution in [0.4, 0.5) is 0 Å². The van der Waals surface area contributed by atoms with Crippen LogP contribution in [-0.2, 0) is 4.74 Å². The zero-order valence-electron chi connectivity index (χ0n) is 9.10. The molecule has 0 radical (unpaired) electrons. The number of rotatable bonds is 4. The van der Waals surface area contributed by atoms with E-state index in [-0.39, 0.29) is 11.9 Å². The van der Waals surface area contributed by atoms with Gasteiger partial charge in [-0.05, 0) is 30.7 Å². The van der Waals surface area contributed by atoms with E-state index in [1.807, 2.05) is 12.1 Å². The SMILES string of the molecule is NCCCC1=NCC(c2cccc(O)c2)O1. The molecule has 1 unspecified atom stereocenters. The van der Waals surface area contributed by atoms with E-state index in [4.69, 9.17) is 10.5 Å². The van der Waals surface area contributed by atoms with Crippen molar-refractivity contribution in [1.29, 1.82) is 0 Å². The fraction of sp³-hybridized carbons (Fsp3) is 0.417. The summed E-state index contributed by atoms with van der Waals surface area (Å²) in [5, 5.41) is 9.37. The van der Waals surface area contributed by atoms with Crippen LogP contribution < -0.4 is 5.73 Å². The molecule has 0 amide bonds. The number of hydrogen-bond acceptors (Lipinski definition) is 4. The molecule has 86 valence electrons. The van der Waals surface area contributed by atoms with Crippen molar-refractivity contribution in [3.63, 3.8) is 0 Å². The average Bonchev–Trinajstić information content (AvgIpc) is 2.75. The van der Waals surface area contributed by atoms with Gasteiger partial charge >= 0.3 is 0 Å². The van der Waals surface area contributed by atoms with E-state index in [0.29, 0.717) is 13.1 Å². The minimum Gasteiger partial charge on any atom is -0.508 e. The third kappa shape index (κ3) is 2.52. The highest BCUT2D eigenvalue weighted by Crippen LogP contribution is 2.26.